The molecule has 0 atom stereocenters. The highest BCUT2D eigenvalue weighted by molar-refractivity contribution is 7.99. The highest BCUT2D eigenvalue weighted by atomic mass is 32.2. The fourth-order valence-electron chi connectivity index (χ4n) is 2.55. The summed E-state index contributed by atoms with van der Waals surface area (Å²) in [6.07, 6.45) is -1.64. The van der Waals surface area contributed by atoms with Gasteiger partial charge in [0.05, 0.1) is 30.4 Å². The summed E-state index contributed by atoms with van der Waals surface area (Å²) < 4.78 is 50.5. The standard InChI is InChI=1S/C17H17F3N4O3S/c1-11-13(5-7-26-11)15-21-22-16(23(15)2)28-9-14(25)24(10-17(18,19)20)8-12-4-3-6-27-12/h3-7H,8-10H2,1-2H3. The van der Waals surface area contributed by atoms with Crippen LogP contribution in [0.15, 0.2) is 44.7 Å². The summed E-state index contributed by atoms with van der Waals surface area (Å²) >= 11 is 1.02. The maximum Gasteiger partial charge on any atom is 0.406 e. The second-order valence-electron chi connectivity index (χ2n) is 5.99. The minimum absolute atomic E-state index is 0.215. The van der Waals surface area contributed by atoms with Gasteiger partial charge in [-0.15, -0.1) is 10.2 Å². The van der Waals surface area contributed by atoms with Crippen LogP contribution in [0.5, 0.6) is 0 Å². The number of furan rings is 2. The topological polar surface area (TPSA) is 77.3 Å². The largest absolute Gasteiger partial charge is 0.469 e. The zero-order valence-corrected chi connectivity index (χ0v) is 15.9. The smallest absolute Gasteiger partial charge is 0.406 e. The highest BCUT2D eigenvalue weighted by Gasteiger charge is 2.33. The van der Waals surface area contributed by atoms with Gasteiger partial charge in [0, 0.05) is 7.05 Å². The number of rotatable bonds is 7. The van der Waals surface area contributed by atoms with Crippen molar-refractivity contribution in [3.05, 3.63) is 42.2 Å². The molecule has 7 nitrogen and oxygen atoms in total. The third-order valence-corrected chi connectivity index (χ3v) is 4.91. The van der Waals surface area contributed by atoms with Gasteiger partial charge in [-0.1, -0.05) is 11.8 Å². The predicted octanol–water partition coefficient (Wildman–Crippen LogP) is 3.66. The number of nitrogens with zero attached hydrogens (tertiary/aromatic N) is 4. The molecule has 0 saturated carbocycles. The number of amides is 1. The van der Waals surface area contributed by atoms with Gasteiger partial charge in [-0.2, -0.15) is 13.2 Å². The minimum Gasteiger partial charge on any atom is -0.469 e. The van der Waals surface area contributed by atoms with Crippen LogP contribution in [0, 0.1) is 6.92 Å². The van der Waals surface area contributed by atoms with E-state index in [2.05, 4.69) is 10.2 Å². The Morgan fingerprint density at radius 3 is 2.64 bits per heavy atom. The van der Waals surface area contributed by atoms with Crippen LogP contribution in [-0.2, 0) is 18.4 Å². The molecule has 1 amide bonds. The van der Waals surface area contributed by atoms with E-state index in [0.29, 0.717) is 21.6 Å². The maximum atomic E-state index is 12.9. The molecule has 0 aromatic carbocycles. The molecule has 0 aliphatic rings. The number of aryl methyl sites for hydroxylation is 1. The molecule has 0 N–H and O–H groups in total. The van der Waals surface area contributed by atoms with E-state index in [4.69, 9.17) is 8.83 Å². The SMILES string of the molecule is Cc1occc1-c1nnc(SCC(=O)N(Cc2ccco2)CC(F)(F)F)n1C. The minimum atomic E-state index is -4.51. The summed E-state index contributed by atoms with van der Waals surface area (Å²) in [6, 6.07) is 4.82. The molecule has 0 bridgehead atoms. The van der Waals surface area contributed by atoms with Gasteiger partial charge in [0.1, 0.15) is 18.1 Å². The van der Waals surface area contributed by atoms with E-state index in [1.807, 2.05) is 0 Å². The molecular weight excluding hydrogens is 397 g/mol. The zero-order valence-electron chi connectivity index (χ0n) is 15.1. The quantitative estimate of drug-likeness (QED) is 0.549. The van der Waals surface area contributed by atoms with Crippen molar-refractivity contribution in [1.29, 1.82) is 0 Å². The molecule has 0 aliphatic heterocycles. The monoisotopic (exact) mass is 414 g/mol. The first-order chi connectivity index (χ1) is 13.2. The second kappa shape index (κ2) is 8.13. The van der Waals surface area contributed by atoms with E-state index in [1.165, 1.54) is 18.6 Å². The van der Waals surface area contributed by atoms with Crippen molar-refractivity contribution in [3.8, 4) is 11.4 Å². The summed E-state index contributed by atoms with van der Waals surface area (Å²) in [6.45, 7) is 0.166. The fraction of sp³-hybridized carbons (Fsp3) is 0.353. The van der Waals surface area contributed by atoms with Crippen molar-refractivity contribution < 1.29 is 26.8 Å². The molecule has 11 heteroatoms. The zero-order chi connectivity index (χ0) is 20.3. The number of thioether (sulfide) groups is 1. The Labute approximate surface area is 162 Å². The van der Waals surface area contributed by atoms with Crippen LogP contribution in [0.2, 0.25) is 0 Å². The molecule has 3 aromatic heterocycles. The van der Waals surface area contributed by atoms with Crippen LogP contribution < -0.4 is 0 Å². The molecule has 3 heterocycles. The average molecular weight is 414 g/mol. The molecule has 0 fully saturated rings. The lowest BCUT2D eigenvalue weighted by molar-refractivity contribution is -0.161. The van der Waals surface area contributed by atoms with E-state index in [0.717, 1.165) is 17.3 Å². The number of hydrogen-bond acceptors (Lipinski definition) is 6. The molecule has 0 radical (unpaired) electrons. The summed E-state index contributed by atoms with van der Waals surface area (Å²) in [5.41, 5.74) is 0.754. The van der Waals surface area contributed by atoms with Gasteiger partial charge in [0.2, 0.25) is 5.91 Å². The van der Waals surface area contributed by atoms with Gasteiger partial charge in [-0.25, -0.2) is 0 Å². The van der Waals surface area contributed by atoms with Crippen molar-refractivity contribution in [2.45, 2.75) is 24.8 Å². The molecule has 0 saturated heterocycles. The second-order valence-corrected chi connectivity index (χ2v) is 6.93. The average Bonchev–Trinajstić information content (AvgIpc) is 3.34. The molecule has 0 aliphatic carbocycles. The number of aromatic nitrogens is 3. The number of alkyl halides is 3. The molecule has 0 spiro atoms. The van der Waals surface area contributed by atoms with Crippen LogP contribution in [0.1, 0.15) is 11.5 Å². The first-order valence-electron chi connectivity index (χ1n) is 8.18. The molecule has 28 heavy (non-hydrogen) atoms. The van der Waals surface area contributed by atoms with Crippen LogP contribution in [0.4, 0.5) is 13.2 Å². The third kappa shape index (κ3) is 4.77. The Kier molecular flexibility index (Phi) is 5.82. The lowest BCUT2D eigenvalue weighted by Crippen LogP contribution is -2.39. The summed E-state index contributed by atoms with van der Waals surface area (Å²) in [7, 11) is 1.71. The Hall–Kier alpha value is -2.69. The summed E-state index contributed by atoms with van der Waals surface area (Å²) in [4.78, 5) is 13.1. The Morgan fingerprint density at radius 1 is 1.25 bits per heavy atom. The number of carbonyl (C=O) groups is 1. The van der Waals surface area contributed by atoms with E-state index in [-0.39, 0.29) is 18.1 Å². The molecule has 3 aromatic rings. The lowest BCUT2D eigenvalue weighted by Gasteiger charge is -2.22. The van der Waals surface area contributed by atoms with Crippen LogP contribution >= 0.6 is 11.8 Å². The predicted molar refractivity (Wildman–Crippen MR) is 94.3 cm³/mol. The normalized spacial score (nSPS) is 11.8. The molecule has 0 unspecified atom stereocenters. The Balaban J connectivity index is 1.69. The van der Waals surface area contributed by atoms with Gasteiger partial charge in [0.15, 0.2) is 11.0 Å². The number of hydrogen-bond donors (Lipinski definition) is 0. The van der Waals surface area contributed by atoms with Crippen molar-refractivity contribution >= 4 is 17.7 Å². The van der Waals surface area contributed by atoms with Gasteiger partial charge >= 0.3 is 6.18 Å². The van der Waals surface area contributed by atoms with Crippen LogP contribution in [-0.4, -0.2) is 44.0 Å². The first-order valence-corrected chi connectivity index (χ1v) is 9.16. The Morgan fingerprint density at radius 2 is 2.04 bits per heavy atom. The first kappa shape index (κ1) is 20.1. The maximum absolute atomic E-state index is 12.9. The summed E-state index contributed by atoms with van der Waals surface area (Å²) in [5, 5.41) is 8.50. The van der Waals surface area contributed by atoms with Gasteiger partial charge in [0.25, 0.3) is 0 Å². The van der Waals surface area contributed by atoms with E-state index < -0.39 is 18.6 Å². The molecule has 150 valence electrons. The van der Waals surface area contributed by atoms with E-state index in [1.54, 1.807) is 30.7 Å². The molecule has 3 rings (SSSR count). The number of carbonyl (C=O) groups excluding carboxylic acids is 1. The highest BCUT2D eigenvalue weighted by Crippen LogP contribution is 2.26. The van der Waals surface area contributed by atoms with Gasteiger partial charge < -0.3 is 18.3 Å². The fourth-order valence-corrected chi connectivity index (χ4v) is 3.36. The van der Waals surface area contributed by atoms with Crippen LogP contribution in [0.25, 0.3) is 11.4 Å². The van der Waals surface area contributed by atoms with Crippen LogP contribution in [0.3, 0.4) is 0 Å². The van der Waals surface area contributed by atoms with E-state index >= 15 is 0 Å². The molecular formula is C17H17F3N4O3S. The van der Waals surface area contributed by atoms with Crippen molar-refractivity contribution in [2.75, 3.05) is 12.3 Å². The lowest BCUT2D eigenvalue weighted by atomic mass is 10.2. The Bertz CT molecular complexity index is 934. The van der Waals surface area contributed by atoms with Crippen molar-refractivity contribution in [3.63, 3.8) is 0 Å². The number of halogens is 3. The summed E-state index contributed by atoms with van der Waals surface area (Å²) in [5.74, 6) is 0.594. The third-order valence-electron chi connectivity index (χ3n) is 3.91. The van der Waals surface area contributed by atoms with Gasteiger partial charge in [-0.3, -0.25) is 4.79 Å². The van der Waals surface area contributed by atoms with Gasteiger partial charge in [-0.05, 0) is 25.1 Å². The van der Waals surface area contributed by atoms with E-state index in [9.17, 15) is 18.0 Å². The van der Waals surface area contributed by atoms with Crippen molar-refractivity contribution in [2.24, 2.45) is 7.05 Å². The van der Waals surface area contributed by atoms with Crippen molar-refractivity contribution in [1.82, 2.24) is 19.7 Å².